The maximum absolute atomic E-state index is 5.76. The van der Waals surface area contributed by atoms with Gasteiger partial charge in [-0.2, -0.15) is 0 Å². The van der Waals surface area contributed by atoms with E-state index in [9.17, 15) is 0 Å². The SMILES string of the molecule is CC(C)c1nc2cc(NC3CCN(C(C)C)C3)ccc2o1. The molecule has 1 aliphatic heterocycles. The first-order valence-electron chi connectivity index (χ1n) is 7.94. The van der Waals surface area contributed by atoms with Crippen molar-refractivity contribution in [3.05, 3.63) is 24.1 Å². The Labute approximate surface area is 126 Å². The Morgan fingerprint density at radius 3 is 2.76 bits per heavy atom. The first-order chi connectivity index (χ1) is 10.0. The van der Waals surface area contributed by atoms with Gasteiger partial charge in [-0.3, -0.25) is 4.90 Å². The second-order valence-corrected chi connectivity index (χ2v) is 6.61. The Balaban J connectivity index is 1.73. The van der Waals surface area contributed by atoms with Gasteiger partial charge in [0.05, 0.1) is 0 Å². The molecule has 4 heteroatoms. The lowest BCUT2D eigenvalue weighted by Crippen LogP contribution is -2.31. The molecule has 0 radical (unpaired) electrons. The van der Waals surface area contributed by atoms with Gasteiger partial charge in [0.1, 0.15) is 5.52 Å². The number of nitrogens with zero attached hydrogens (tertiary/aromatic N) is 2. The van der Waals surface area contributed by atoms with Crippen molar-refractivity contribution in [1.82, 2.24) is 9.88 Å². The Morgan fingerprint density at radius 2 is 2.10 bits per heavy atom. The number of oxazole rings is 1. The zero-order valence-electron chi connectivity index (χ0n) is 13.4. The van der Waals surface area contributed by atoms with E-state index in [1.807, 2.05) is 6.07 Å². The molecule has 4 nitrogen and oxygen atoms in total. The van der Waals surface area contributed by atoms with E-state index in [0.717, 1.165) is 29.2 Å². The Morgan fingerprint density at radius 1 is 1.29 bits per heavy atom. The summed E-state index contributed by atoms with van der Waals surface area (Å²) in [6.07, 6.45) is 1.20. The standard InChI is InChI=1S/C17H25N3O/c1-11(2)17-19-15-9-13(5-6-16(15)21-17)18-14-7-8-20(10-14)12(3)4/h5-6,9,11-12,14,18H,7-8,10H2,1-4H3. The summed E-state index contributed by atoms with van der Waals surface area (Å²) in [6.45, 7) is 11.0. The molecule has 3 rings (SSSR count). The van der Waals surface area contributed by atoms with Crippen LogP contribution >= 0.6 is 0 Å². The normalized spacial score (nSPS) is 20.0. The van der Waals surface area contributed by atoms with E-state index in [2.05, 4.69) is 55.0 Å². The topological polar surface area (TPSA) is 41.3 Å². The third-order valence-electron chi connectivity index (χ3n) is 4.22. The van der Waals surface area contributed by atoms with Crippen molar-refractivity contribution >= 4 is 16.8 Å². The number of anilines is 1. The second kappa shape index (κ2) is 5.68. The smallest absolute Gasteiger partial charge is 0.198 e. The number of benzene rings is 1. The zero-order chi connectivity index (χ0) is 15.0. The minimum Gasteiger partial charge on any atom is -0.440 e. The lowest BCUT2D eigenvalue weighted by molar-refractivity contribution is 0.274. The van der Waals surface area contributed by atoms with Crippen molar-refractivity contribution in [3.8, 4) is 0 Å². The molecule has 0 aliphatic carbocycles. The van der Waals surface area contributed by atoms with Crippen molar-refractivity contribution in [3.63, 3.8) is 0 Å². The molecule has 1 fully saturated rings. The van der Waals surface area contributed by atoms with Crippen LogP contribution in [-0.4, -0.2) is 35.1 Å². The molecular formula is C17H25N3O. The number of aromatic nitrogens is 1. The van der Waals surface area contributed by atoms with Crippen LogP contribution in [0.5, 0.6) is 0 Å². The van der Waals surface area contributed by atoms with Crippen molar-refractivity contribution in [2.24, 2.45) is 0 Å². The molecule has 1 saturated heterocycles. The highest BCUT2D eigenvalue weighted by atomic mass is 16.3. The van der Waals surface area contributed by atoms with Gasteiger partial charge >= 0.3 is 0 Å². The summed E-state index contributed by atoms with van der Waals surface area (Å²) in [5, 5.41) is 3.63. The molecule has 0 bridgehead atoms. The highest BCUT2D eigenvalue weighted by Crippen LogP contribution is 2.25. The third kappa shape index (κ3) is 3.05. The summed E-state index contributed by atoms with van der Waals surface area (Å²) < 4.78 is 5.76. The van der Waals surface area contributed by atoms with Crippen LogP contribution < -0.4 is 5.32 Å². The van der Waals surface area contributed by atoms with E-state index in [1.165, 1.54) is 13.0 Å². The van der Waals surface area contributed by atoms with E-state index in [1.54, 1.807) is 0 Å². The van der Waals surface area contributed by atoms with E-state index < -0.39 is 0 Å². The molecule has 2 heterocycles. The van der Waals surface area contributed by atoms with Gasteiger partial charge in [0, 0.05) is 36.8 Å². The van der Waals surface area contributed by atoms with Gasteiger partial charge < -0.3 is 9.73 Å². The minimum absolute atomic E-state index is 0.322. The molecular weight excluding hydrogens is 262 g/mol. The quantitative estimate of drug-likeness (QED) is 0.927. The van der Waals surface area contributed by atoms with Crippen LogP contribution in [0, 0.1) is 0 Å². The molecule has 1 aromatic heterocycles. The number of rotatable bonds is 4. The number of hydrogen-bond donors (Lipinski definition) is 1. The van der Waals surface area contributed by atoms with Gasteiger partial charge in [0.2, 0.25) is 0 Å². The molecule has 1 unspecified atom stereocenters. The van der Waals surface area contributed by atoms with Crippen LogP contribution in [0.3, 0.4) is 0 Å². The van der Waals surface area contributed by atoms with E-state index >= 15 is 0 Å². The van der Waals surface area contributed by atoms with Crippen LogP contribution in [-0.2, 0) is 0 Å². The molecule has 0 spiro atoms. The fraction of sp³-hybridized carbons (Fsp3) is 0.588. The maximum Gasteiger partial charge on any atom is 0.198 e. The highest BCUT2D eigenvalue weighted by Gasteiger charge is 2.24. The number of likely N-dealkylation sites (tertiary alicyclic amines) is 1. The van der Waals surface area contributed by atoms with Crippen LogP contribution in [0.1, 0.15) is 45.9 Å². The van der Waals surface area contributed by atoms with E-state index in [0.29, 0.717) is 18.0 Å². The molecule has 1 aromatic carbocycles. The predicted molar refractivity (Wildman–Crippen MR) is 86.8 cm³/mol. The summed E-state index contributed by atoms with van der Waals surface area (Å²) >= 11 is 0. The molecule has 1 N–H and O–H groups in total. The summed E-state index contributed by atoms with van der Waals surface area (Å²) in [6, 6.07) is 7.37. The number of fused-ring (bicyclic) bond motifs is 1. The summed E-state index contributed by atoms with van der Waals surface area (Å²) in [7, 11) is 0. The van der Waals surface area contributed by atoms with Crippen molar-refractivity contribution < 1.29 is 4.42 Å². The Kier molecular flexibility index (Phi) is 3.89. The lowest BCUT2D eigenvalue weighted by atomic mass is 10.2. The molecule has 0 amide bonds. The highest BCUT2D eigenvalue weighted by molar-refractivity contribution is 5.77. The van der Waals surface area contributed by atoms with Gasteiger partial charge in [-0.1, -0.05) is 13.8 Å². The summed E-state index contributed by atoms with van der Waals surface area (Å²) in [5.41, 5.74) is 2.96. The molecule has 114 valence electrons. The molecule has 0 saturated carbocycles. The van der Waals surface area contributed by atoms with Gasteiger partial charge in [-0.15, -0.1) is 0 Å². The Hall–Kier alpha value is -1.55. The number of nitrogens with one attached hydrogen (secondary N) is 1. The maximum atomic E-state index is 5.76. The van der Waals surface area contributed by atoms with Crippen LogP contribution in [0.2, 0.25) is 0 Å². The second-order valence-electron chi connectivity index (χ2n) is 6.61. The monoisotopic (exact) mass is 287 g/mol. The van der Waals surface area contributed by atoms with Crippen LogP contribution in [0.15, 0.2) is 22.6 Å². The average molecular weight is 287 g/mol. The first-order valence-corrected chi connectivity index (χ1v) is 7.94. The molecule has 2 aromatic rings. The van der Waals surface area contributed by atoms with Crippen molar-refractivity contribution in [2.45, 2.75) is 52.1 Å². The summed E-state index contributed by atoms with van der Waals surface area (Å²) in [5.74, 6) is 1.14. The fourth-order valence-electron chi connectivity index (χ4n) is 2.89. The van der Waals surface area contributed by atoms with Crippen molar-refractivity contribution in [2.75, 3.05) is 18.4 Å². The molecule has 1 atom stereocenters. The van der Waals surface area contributed by atoms with Gasteiger partial charge in [-0.25, -0.2) is 4.98 Å². The van der Waals surface area contributed by atoms with E-state index in [4.69, 9.17) is 4.42 Å². The van der Waals surface area contributed by atoms with Crippen LogP contribution in [0.25, 0.3) is 11.1 Å². The first kappa shape index (κ1) is 14.4. The summed E-state index contributed by atoms with van der Waals surface area (Å²) in [4.78, 5) is 7.09. The Bertz CT molecular complexity index is 618. The largest absolute Gasteiger partial charge is 0.440 e. The van der Waals surface area contributed by atoms with Gasteiger partial charge in [-0.05, 0) is 38.5 Å². The lowest BCUT2D eigenvalue weighted by Gasteiger charge is -2.20. The van der Waals surface area contributed by atoms with E-state index in [-0.39, 0.29) is 0 Å². The minimum atomic E-state index is 0.322. The van der Waals surface area contributed by atoms with Crippen molar-refractivity contribution in [1.29, 1.82) is 0 Å². The van der Waals surface area contributed by atoms with Gasteiger partial charge in [0.25, 0.3) is 0 Å². The third-order valence-corrected chi connectivity index (χ3v) is 4.22. The molecule has 21 heavy (non-hydrogen) atoms. The molecule has 1 aliphatic rings. The fourth-order valence-corrected chi connectivity index (χ4v) is 2.89. The zero-order valence-corrected chi connectivity index (χ0v) is 13.4. The number of hydrogen-bond acceptors (Lipinski definition) is 4. The van der Waals surface area contributed by atoms with Gasteiger partial charge in [0.15, 0.2) is 11.5 Å². The predicted octanol–water partition coefficient (Wildman–Crippen LogP) is 3.85. The average Bonchev–Trinajstić information content (AvgIpc) is 3.04. The van der Waals surface area contributed by atoms with Crippen LogP contribution in [0.4, 0.5) is 5.69 Å².